The standard InChI is InChI=1S/C17H26N2O/c1-13-6-7-14(2)15(10-13)16(20)11-19-9-8-18(5)17(3,4)12-19/h6-7,10H,8-9,11-12H2,1-5H3. The van der Waals surface area contributed by atoms with Gasteiger partial charge in [-0.05, 0) is 46.4 Å². The maximum atomic E-state index is 12.5. The summed E-state index contributed by atoms with van der Waals surface area (Å²) in [4.78, 5) is 17.2. The van der Waals surface area contributed by atoms with Crippen molar-refractivity contribution in [1.29, 1.82) is 0 Å². The van der Waals surface area contributed by atoms with E-state index in [0.717, 1.165) is 36.3 Å². The first kappa shape index (κ1) is 15.2. The Morgan fingerprint density at radius 1 is 1.25 bits per heavy atom. The fraction of sp³-hybridized carbons (Fsp3) is 0.588. The van der Waals surface area contributed by atoms with E-state index in [1.807, 2.05) is 26.0 Å². The zero-order valence-corrected chi connectivity index (χ0v) is 13.4. The van der Waals surface area contributed by atoms with E-state index in [-0.39, 0.29) is 11.3 Å². The second-order valence-corrected chi connectivity index (χ2v) is 6.69. The van der Waals surface area contributed by atoms with Crippen molar-refractivity contribution >= 4 is 5.78 Å². The summed E-state index contributed by atoms with van der Waals surface area (Å²) in [5.41, 5.74) is 3.24. The molecule has 1 aliphatic rings. The molecule has 0 amide bonds. The lowest BCUT2D eigenvalue weighted by Gasteiger charge is -2.45. The normalized spacial score (nSPS) is 20.1. The van der Waals surface area contributed by atoms with Gasteiger partial charge < -0.3 is 0 Å². The zero-order chi connectivity index (χ0) is 14.9. The van der Waals surface area contributed by atoms with E-state index < -0.39 is 0 Å². The van der Waals surface area contributed by atoms with Gasteiger partial charge in [-0.25, -0.2) is 0 Å². The number of benzene rings is 1. The highest BCUT2D eigenvalue weighted by Crippen LogP contribution is 2.19. The molecule has 0 spiro atoms. The molecule has 2 rings (SSSR count). The Bertz CT molecular complexity index is 508. The average Bonchev–Trinajstić information content (AvgIpc) is 2.36. The molecule has 1 aromatic carbocycles. The molecule has 20 heavy (non-hydrogen) atoms. The summed E-state index contributed by atoms with van der Waals surface area (Å²) < 4.78 is 0. The van der Waals surface area contributed by atoms with Crippen LogP contribution in [0.2, 0.25) is 0 Å². The molecule has 1 heterocycles. The Hall–Kier alpha value is -1.19. The third-order valence-electron chi connectivity index (χ3n) is 4.46. The molecule has 0 radical (unpaired) electrons. The molecule has 0 atom stereocenters. The Labute approximate surface area is 122 Å². The van der Waals surface area contributed by atoms with Gasteiger partial charge in [-0.3, -0.25) is 14.6 Å². The summed E-state index contributed by atoms with van der Waals surface area (Å²) in [6.07, 6.45) is 0. The van der Waals surface area contributed by atoms with Crippen molar-refractivity contribution in [1.82, 2.24) is 9.80 Å². The van der Waals surface area contributed by atoms with E-state index >= 15 is 0 Å². The first-order chi connectivity index (χ1) is 9.29. The van der Waals surface area contributed by atoms with Crippen molar-refractivity contribution in [3.8, 4) is 0 Å². The van der Waals surface area contributed by atoms with Crippen molar-refractivity contribution in [2.24, 2.45) is 0 Å². The van der Waals surface area contributed by atoms with Crippen LogP contribution in [-0.2, 0) is 0 Å². The van der Waals surface area contributed by atoms with Crippen LogP contribution in [0.25, 0.3) is 0 Å². The second-order valence-electron chi connectivity index (χ2n) is 6.69. The predicted molar refractivity (Wildman–Crippen MR) is 83.4 cm³/mol. The number of piperazine rings is 1. The topological polar surface area (TPSA) is 23.6 Å². The number of carbonyl (C=O) groups is 1. The zero-order valence-electron chi connectivity index (χ0n) is 13.4. The number of ketones is 1. The minimum atomic E-state index is 0.139. The summed E-state index contributed by atoms with van der Waals surface area (Å²) in [6, 6.07) is 6.11. The van der Waals surface area contributed by atoms with Gasteiger partial charge in [0.2, 0.25) is 0 Å². The largest absolute Gasteiger partial charge is 0.299 e. The molecule has 0 saturated carbocycles. The minimum absolute atomic E-state index is 0.139. The van der Waals surface area contributed by atoms with E-state index in [9.17, 15) is 4.79 Å². The molecule has 0 bridgehead atoms. The molecule has 0 N–H and O–H groups in total. The molecular weight excluding hydrogens is 248 g/mol. The molecule has 110 valence electrons. The number of Topliss-reactive ketones (excluding diaryl/α,β-unsaturated/α-hetero) is 1. The van der Waals surface area contributed by atoms with Gasteiger partial charge in [0, 0.05) is 30.7 Å². The average molecular weight is 274 g/mol. The summed E-state index contributed by atoms with van der Waals surface area (Å²) in [6.45, 7) is 12.0. The number of likely N-dealkylation sites (N-methyl/N-ethyl adjacent to an activating group) is 1. The van der Waals surface area contributed by atoms with Gasteiger partial charge in [0.05, 0.1) is 6.54 Å². The fourth-order valence-electron chi connectivity index (χ4n) is 2.80. The number of aryl methyl sites for hydroxylation is 2. The monoisotopic (exact) mass is 274 g/mol. The third kappa shape index (κ3) is 3.28. The fourth-order valence-corrected chi connectivity index (χ4v) is 2.80. The summed E-state index contributed by atoms with van der Waals surface area (Å²) >= 11 is 0. The van der Waals surface area contributed by atoms with Gasteiger partial charge in [0.15, 0.2) is 5.78 Å². The lowest BCUT2D eigenvalue weighted by atomic mass is 9.98. The molecule has 1 aromatic rings. The predicted octanol–water partition coefficient (Wildman–Crippen LogP) is 2.51. The lowest BCUT2D eigenvalue weighted by molar-refractivity contribution is 0.0389. The Balaban J connectivity index is 2.07. The molecule has 0 unspecified atom stereocenters. The van der Waals surface area contributed by atoms with E-state index in [4.69, 9.17) is 0 Å². The quantitative estimate of drug-likeness (QED) is 0.791. The third-order valence-corrected chi connectivity index (χ3v) is 4.46. The molecule has 3 nitrogen and oxygen atoms in total. The van der Waals surface area contributed by atoms with E-state index in [1.54, 1.807) is 0 Å². The number of rotatable bonds is 3. The van der Waals surface area contributed by atoms with Gasteiger partial charge in [0.25, 0.3) is 0 Å². The van der Waals surface area contributed by atoms with Crippen LogP contribution < -0.4 is 0 Å². The maximum Gasteiger partial charge on any atom is 0.177 e. The van der Waals surface area contributed by atoms with Crippen molar-refractivity contribution < 1.29 is 4.79 Å². The molecule has 0 aliphatic carbocycles. The molecule has 1 fully saturated rings. The SMILES string of the molecule is Cc1ccc(C)c(C(=O)CN2CCN(C)C(C)(C)C2)c1. The molecule has 3 heteroatoms. The Morgan fingerprint density at radius 2 is 1.95 bits per heavy atom. The van der Waals surface area contributed by atoms with Crippen LogP contribution in [0.5, 0.6) is 0 Å². The van der Waals surface area contributed by atoms with Gasteiger partial charge >= 0.3 is 0 Å². The Morgan fingerprint density at radius 3 is 2.60 bits per heavy atom. The van der Waals surface area contributed by atoms with Crippen LogP contribution in [-0.4, -0.2) is 54.3 Å². The van der Waals surface area contributed by atoms with Gasteiger partial charge in [-0.15, -0.1) is 0 Å². The number of carbonyl (C=O) groups excluding carboxylic acids is 1. The molecule has 1 saturated heterocycles. The second kappa shape index (κ2) is 5.66. The number of hydrogen-bond acceptors (Lipinski definition) is 3. The van der Waals surface area contributed by atoms with Crippen LogP contribution in [0.1, 0.15) is 35.3 Å². The highest BCUT2D eigenvalue weighted by molar-refractivity contribution is 5.99. The highest BCUT2D eigenvalue weighted by Gasteiger charge is 2.31. The van der Waals surface area contributed by atoms with Gasteiger partial charge in [-0.2, -0.15) is 0 Å². The number of hydrogen-bond donors (Lipinski definition) is 0. The minimum Gasteiger partial charge on any atom is -0.299 e. The smallest absolute Gasteiger partial charge is 0.177 e. The van der Waals surface area contributed by atoms with E-state index in [2.05, 4.69) is 36.8 Å². The van der Waals surface area contributed by atoms with Gasteiger partial charge in [0.1, 0.15) is 0 Å². The van der Waals surface area contributed by atoms with Crippen molar-refractivity contribution in [2.45, 2.75) is 33.2 Å². The summed E-state index contributed by atoms with van der Waals surface area (Å²) in [7, 11) is 2.16. The molecular formula is C17H26N2O. The first-order valence-electron chi connectivity index (χ1n) is 7.33. The summed E-state index contributed by atoms with van der Waals surface area (Å²) in [5.74, 6) is 0.242. The van der Waals surface area contributed by atoms with Crippen LogP contribution >= 0.6 is 0 Å². The van der Waals surface area contributed by atoms with Crippen molar-refractivity contribution in [3.05, 3.63) is 34.9 Å². The van der Waals surface area contributed by atoms with Crippen molar-refractivity contribution in [2.75, 3.05) is 33.2 Å². The van der Waals surface area contributed by atoms with Crippen LogP contribution in [0, 0.1) is 13.8 Å². The lowest BCUT2D eigenvalue weighted by Crippen LogP contribution is -2.58. The first-order valence-corrected chi connectivity index (χ1v) is 7.33. The molecule has 0 aromatic heterocycles. The number of nitrogens with zero attached hydrogens (tertiary/aromatic N) is 2. The van der Waals surface area contributed by atoms with E-state index in [0.29, 0.717) is 6.54 Å². The summed E-state index contributed by atoms with van der Waals surface area (Å²) in [5, 5.41) is 0. The van der Waals surface area contributed by atoms with Gasteiger partial charge in [-0.1, -0.05) is 17.7 Å². The van der Waals surface area contributed by atoms with Crippen LogP contribution in [0.3, 0.4) is 0 Å². The maximum absolute atomic E-state index is 12.5. The van der Waals surface area contributed by atoms with Crippen molar-refractivity contribution in [3.63, 3.8) is 0 Å². The van der Waals surface area contributed by atoms with Crippen LogP contribution in [0.15, 0.2) is 18.2 Å². The van der Waals surface area contributed by atoms with Crippen LogP contribution in [0.4, 0.5) is 0 Å². The molecule has 1 aliphatic heterocycles. The van der Waals surface area contributed by atoms with E-state index in [1.165, 1.54) is 0 Å². The highest BCUT2D eigenvalue weighted by atomic mass is 16.1. The Kier molecular flexibility index (Phi) is 4.31.